The molecule has 1 aromatic carbocycles. The lowest BCUT2D eigenvalue weighted by atomic mass is 9.77. The van der Waals surface area contributed by atoms with Crippen LogP contribution >= 0.6 is 0 Å². The Morgan fingerprint density at radius 3 is 1.67 bits per heavy atom. The van der Waals surface area contributed by atoms with Crippen molar-refractivity contribution in [2.45, 2.75) is 96.3 Å². The molecule has 0 amide bonds. The van der Waals surface area contributed by atoms with Gasteiger partial charge in [-0.25, -0.2) is 13.2 Å². The summed E-state index contributed by atoms with van der Waals surface area (Å²) in [5.74, 6) is -0.928. The van der Waals surface area contributed by atoms with Crippen LogP contribution in [0.1, 0.15) is 95.5 Å². The molecule has 2 aliphatic rings. The van der Waals surface area contributed by atoms with Gasteiger partial charge in [0.1, 0.15) is 0 Å². The standard InChI is InChI=1S/C24H35F3/c25-22-16-21(17-23(26)24(22)27)15-14-20-12-10-19(11-13-20)7-3-1-2-6-18-8-4-5-9-18/h16-20H,1-15H2. The van der Waals surface area contributed by atoms with Crippen LogP contribution in [0.5, 0.6) is 0 Å². The molecule has 0 N–H and O–H groups in total. The van der Waals surface area contributed by atoms with Crippen molar-refractivity contribution < 1.29 is 13.2 Å². The van der Waals surface area contributed by atoms with E-state index in [9.17, 15) is 13.2 Å². The largest absolute Gasteiger partial charge is 0.204 e. The zero-order chi connectivity index (χ0) is 19.1. The van der Waals surface area contributed by atoms with Crippen molar-refractivity contribution in [2.75, 3.05) is 0 Å². The third-order valence-corrected chi connectivity index (χ3v) is 7.05. The fourth-order valence-corrected chi connectivity index (χ4v) is 5.27. The van der Waals surface area contributed by atoms with Crippen LogP contribution in [-0.4, -0.2) is 0 Å². The highest BCUT2D eigenvalue weighted by atomic mass is 19.2. The molecule has 0 aliphatic heterocycles. The molecule has 2 saturated carbocycles. The van der Waals surface area contributed by atoms with E-state index in [0.717, 1.165) is 30.4 Å². The van der Waals surface area contributed by atoms with Crippen molar-refractivity contribution in [2.24, 2.45) is 17.8 Å². The zero-order valence-electron chi connectivity index (χ0n) is 16.6. The first kappa shape index (κ1) is 20.7. The lowest BCUT2D eigenvalue weighted by Crippen LogP contribution is -2.15. The van der Waals surface area contributed by atoms with E-state index in [0.29, 0.717) is 17.9 Å². The summed E-state index contributed by atoms with van der Waals surface area (Å²) in [7, 11) is 0. The molecular formula is C24H35F3. The van der Waals surface area contributed by atoms with Crippen LogP contribution in [-0.2, 0) is 6.42 Å². The minimum absolute atomic E-state index is 0.579. The Morgan fingerprint density at radius 1 is 0.630 bits per heavy atom. The average Bonchev–Trinajstić information content (AvgIpc) is 3.18. The van der Waals surface area contributed by atoms with Crippen molar-refractivity contribution in [1.29, 1.82) is 0 Å². The van der Waals surface area contributed by atoms with Crippen molar-refractivity contribution >= 4 is 0 Å². The van der Waals surface area contributed by atoms with Gasteiger partial charge in [-0.15, -0.1) is 0 Å². The quantitative estimate of drug-likeness (QED) is 0.301. The summed E-state index contributed by atoms with van der Waals surface area (Å²) in [6, 6.07) is 2.30. The Morgan fingerprint density at radius 2 is 1.11 bits per heavy atom. The van der Waals surface area contributed by atoms with E-state index in [1.165, 1.54) is 83.5 Å². The summed E-state index contributed by atoms with van der Waals surface area (Å²) in [5.41, 5.74) is 0.579. The van der Waals surface area contributed by atoms with Gasteiger partial charge in [0.15, 0.2) is 17.5 Å². The lowest BCUT2D eigenvalue weighted by Gasteiger charge is -2.28. The first-order valence-electron chi connectivity index (χ1n) is 11.2. The molecule has 3 rings (SSSR count). The highest BCUT2D eigenvalue weighted by Gasteiger charge is 2.21. The lowest BCUT2D eigenvalue weighted by molar-refractivity contribution is 0.248. The number of hydrogen-bond acceptors (Lipinski definition) is 0. The van der Waals surface area contributed by atoms with Crippen LogP contribution in [0.3, 0.4) is 0 Å². The van der Waals surface area contributed by atoms with Crippen molar-refractivity contribution in [3.63, 3.8) is 0 Å². The highest BCUT2D eigenvalue weighted by molar-refractivity contribution is 5.19. The van der Waals surface area contributed by atoms with Gasteiger partial charge in [-0.3, -0.25) is 0 Å². The molecule has 0 heterocycles. The number of aryl methyl sites for hydroxylation is 1. The van der Waals surface area contributed by atoms with Gasteiger partial charge in [0.05, 0.1) is 0 Å². The Hall–Kier alpha value is -0.990. The van der Waals surface area contributed by atoms with E-state index < -0.39 is 17.5 Å². The maximum absolute atomic E-state index is 13.3. The van der Waals surface area contributed by atoms with Crippen molar-refractivity contribution in [1.82, 2.24) is 0 Å². The van der Waals surface area contributed by atoms with Gasteiger partial charge in [0, 0.05) is 0 Å². The summed E-state index contributed by atoms with van der Waals surface area (Å²) >= 11 is 0. The summed E-state index contributed by atoms with van der Waals surface area (Å²) in [5, 5.41) is 0. The molecule has 0 bridgehead atoms. The zero-order valence-corrected chi connectivity index (χ0v) is 16.6. The predicted octanol–water partition coefficient (Wildman–Crippen LogP) is 7.98. The van der Waals surface area contributed by atoms with Crippen molar-refractivity contribution in [3.05, 3.63) is 35.1 Å². The fraction of sp³-hybridized carbons (Fsp3) is 0.750. The molecule has 0 atom stereocenters. The molecule has 2 fully saturated rings. The van der Waals surface area contributed by atoms with Gasteiger partial charge in [0.2, 0.25) is 0 Å². The third kappa shape index (κ3) is 6.54. The molecule has 1 aromatic rings. The van der Waals surface area contributed by atoms with E-state index in [2.05, 4.69) is 0 Å². The summed E-state index contributed by atoms with van der Waals surface area (Å²) in [4.78, 5) is 0. The summed E-state index contributed by atoms with van der Waals surface area (Å²) < 4.78 is 39.6. The Balaban J connectivity index is 1.26. The normalized spacial score (nSPS) is 23.8. The molecule has 27 heavy (non-hydrogen) atoms. The number of halogens is 3. The molecular weight excluding hydrogens is 345 g/mol. The molecule has 0 aromatic heterocycles. The molecule has 0 radical (unpaired) electrons. The highest BCUT2D eigenvalue weighted by Crippen LogP contribution is 2.35. The average molecular weight is 381 g/mol. The van der Waals surface area contributed by atoms with Gasteiger partial charge in [0.25, 0.3) is 0 Å². The van der Waals surface area contributed by atoms with Gasteiger partial charge in [-0.2, -0.15) is 0 Å². The maximum atomic E-state index is 13.3. The summed E-state index contributed by atoms with van der Waals surface area (Å²) in [6.07, 6.45) is 19.6. The number of benzene rings is 1. The van der Waals surface area contributed by atoms with Crippen LogP contribution in [0, 0.1) is 35.2 Å². The number of hydrogen-bond donors (Lipinski definition) is 0. The monoisotopic (exact) mass is 380 g/mol. The number of rotatable bonds is 9. The summed E-state index contributed by atoms with van der Waals surface area (Å²) in [6.45, 7) is 0. The minimum Gasteiger partial charge on any atom is -0.204 e. The van der Waals surface area contributed by atoms with Crippen LogP contribution < -0.4 is 0 Å². The molecule has 152 valence electrons. The fourth-order valence-electron chi connectivity index (χ4n) is 5.27. The van der Waals surface area contributed by atoms with Gasteiger partial charge < -0.3 is 0 Å². The first-order chi connectivity index (χ1) is 13.1. The Labute approximate surface area is 162 Å². The molecule has 2 aliphatic carbocycles. The van der Waals surface area contributed by atoms with Crippen LogP contribution in [0.2, 0.25) is 0 Å². The van der Waals surface area contributed by atoms with E-state index >= 15 is 0 Å². The molecule has 0 spiro atoms. The number of unbranched alkanes of at least 4 members (excludes halogenated alkanes) is 2. The second kappa shape index (κ2) is 10.5. The van der Waals surface area contributed by atoms with E-state index in [-0.39, 0.29) is 0 Å². The second-order valence-corrected chi connectivity index (χ2v) is 9.09. The van der Waals surface area contributed by atoms with Gasteiger partial charge >= 0.3 is 0 Å². The molecule has 0 unspecified atom stereocenters. The third-order valence-electron chi connectivity index (χ3n) is 7.05. The topological polar surface area (TPSA) is 0 Å². The first-order valence-corrected chi connectivity index (χ1v) is 11.2. The minimum atomic E-state index is -1.36. The SMILES string of the molecule is Fc1cc(CCC2CCC(CCCCCC3CCCC3)CC2)cc(F)c1F. The smallest absolute Gasteiger partial charge is 0.194 e. The molecule has 3 heteroatoms. The van der Waals surface area contributed by atoms with E-state index in [1.807, 2.05) is 0 Å². The van der Waals surface area contributed by atoms with Crippen molar-refractivity contribution in [3.8, 4) is 0 Å². The Bertz CT molecular complexity index is 546. The molecule has 0 nitrogen and oxygen atoms in total. The van der Waals surface area contributed by atoms with Crippen LogP contribution in [0.15, 0.2) is 12.1 Å². The Kier molecular flexibility index (Phi) is 8.08. The van der Waals surface area contributed by atoms with E-state index in [1.54, 1.807) is 0 Å². The van der Waals surface area contributed by atoms with Crippen LogP contribution in [0.25, 0.3) is 0 Å². The second-order valence-electron chi connectivity index (χ2n) is 9.09. The predicted molar refractivity (Wildman–Crippen MR) is 105 cm³/mol. The van der Waals surface area contributed by atoms with Gasteiger partial charge in [-0.1, -0.05) is 83.5 Å². The van der Waals surface area contributed by atoms with Gasteiger partial charge in [-0.05, 0) is 48.3 Å². The van der Waals surface area contributed by atoms with Crippen LogP contribution in [0.4, 0.5) is 13.2 Å². The maximum Gasteiger partial charge on any atom is 0.194 e. The van der Waals surface area contributed by atoms with E-state index in [4.69, 9.17) is 0 Å². The molecule has 0 saturated heterocycles.